The quantitative estimate of drug-likeness (QED) is 0.311. The van der Waals surface area contributed by atoms with Crippen LogP contribution in [-0.4, -0.2) is 52.7 Å². The standard InChI is InChI=1S/C17H26N4O5/c1-10(19)15(23)20-13(3-2-8-18)16(24)21-14(17(25)26)9-11-4-6-12(22)7-5-11/h4-7,10,13-14,22H,2-3,8-9,18-19H2,1H3,(H,20,23)(H,21,24)(H,25,26)/t10-,13-,14-/m0/s1. The molecule has 0 fully saturated rings. The monoisotopic (exact) mass is 366 g/mol. The Balaban J connectivity index is 2.81. The van der Waals surface area contributed by atoms with Gasteiger partial charge in [0.05, 0.1) is 6.04 Å². The van der Waals surface area contributed by atoms with E-state index in [1.807, 2.05) is 0 Å². The van der Waals surface area contributed by atoms with Crippen molar-refractivity contribution in [3.8, 4) is 5.75 Å². The van der Waals surface area contributed by atoms with Gasteiger partial charge in [0.25, 0.3) is 0 Å². The number of rotatable bonds is 10. The van der Waals surface area contributed by atoms with Crippen molar-refractivity contribution in [3.63, 3.8) is 0 Å². The zero-order chi connectivity index (χ0) is 19.7. The molecule has 26 heavy (non-hydrogen) atoms. The van der Waals surface area contributed by atoms with Crippen LogP contribution in [0.15, 0.2) is 24.3 Å². The molecule has 1 rings (SSSR count). The first-order chi connectivity index (χ1) is 12.2. The number of carboxylic acid groups (broad SMARTS) is 1. The molecule has 0 spiro atoms. The number of aromatic hydroxyl groups is 1. The van der Waals surface area contributed by atoms with Gasteiger partial charge in [-0.2, -0.15) is 0 Å². The number of hydrogen-bond donors (Lipinski definition) is 6. The summed E-state index contributed by atoms with van der Waals surface area (Å²) in [6, 6.07) is 3.11. The van der Waals surface area contributed by atoms with Crippen LogP contribution in [0, 0.1) is 0 Å². The van der Waals surface area contributed by atoms with Crippen LogP contribution in [0.1, 0.15) is 25.3 Å². The lowest BCUT2D eigenvalue weighted by Gasteiger charge is -2.22. The largest absolute Gasteiger partial charge is 0.508 e. The van der Waals surface area contributed by atoms with E-state index in [0.717, 1.165) is 0 Å². The zero-order valence-electron chi connectivity index (χ0n) is 14.6. The molecule has 0 radical (unpaired) electrons. The Morgan fingerprint density at radius 3 is 2.15 bits per heavy atom. The predicted octanol–water partition coefficient (Wildman–Crippen LogP) is -0.925. The third-order valence-electron chi connectivity index (χ3n) is 3.73. The second-order valence-electron chi connectivity index (χ2n) is 6.05. The molecule has 1 aromatic rings. The van der Waals surface area contributed by atoms with E-state index in [-0.39, 0.29) is 18.6 Å². The summed E-state index contributed by atoms with van der Waals surface area (Å²) < 4.78 is 0. The second kappa shape index (κ2) is 10.4. The first-order valence-corrected chi connectivity index (χ1v) is 8.31. The summed E-state index contributed by atoms with van der Waals surface area (Å²) in [4.78, 5) is 35.7. The van der Waals surface area contributed by atoms with Crippen molar-refractivity contribution in [2.45, 2.75) is 44.3 Å². The summed E-state index contributed by atoms with van der Waals surface area (Å²) in [5, 5.41) is 23.6. The van der Waals surface area contributed by atoms with Crippen molar-refractivity contribution < 1.29 is 24.6 Å². The van der Waals surface area contributed by atoms with E-state index in [4.69, 9.17) is 11.5 Å². The fourth-order valence-corrected chi connectivity index (χ4v) is 2.23. The van der Waals surface area contributed by atoms with E-state index in [1.54, 1.807) is 12.1 Å². The van der Waals surface area contributed by atoms with Crippen LogP contribution < -0.4 is 22.1 Å². The van der Waals surface area contributed by atoms with Gasteiger partial charge in [-0.25, -0.2) is 4.79 Å². The molecule has 0 saturated carbocycles. The molecule has 9 nitrogen and oxygen atoms in total. The Morgan fingerprint density at radius 1 is 1.08 bits per heavy atom. The average Bonchev–Trinajstić information content (AvgIpc) is 2.59. The molecule has 144 valence electrons. The second-order valence-corrected chi connectivity index (χ2v) is 6.05. The van der Waals surface area contributed by atoms with E-state index in [0.29, 0.717) is 18.5 Å². The van der Waals surface area contributed by atoms with E-state index < -0.39 is 35.9 Å². The van der Waals surface area contributed by atoms with Gasteiger partial charge >= 0.3 is 5.97 Å². The maximum Gasteiger partial charge on any atom is 0.326 e. The minimum absolute atomic E-state index is 0.0339. The number of amides is 2. The summed E-state index contributed by atoms with van der Waals surface area (Å²) >= 11 is 0. The van der Waals surface area contributed by atoms with Gasteiger partial charge < -0.3 is 32.3 Å². The fourth-order valence-electron chi connectivity index (χ4n) is 2.23. The van der Waals surface area contributed by atoms with Gasteiger partial charge in [0.15, 0.2) is 0 Å². The fraction of sp³-hybridized carbons (Fsp3) is 0.471. The Morgan fingerprint density at radius 2 is 1.65 bits per heavy atom. The molecular formula is C17H26N4O5. The first-order valence-electron chi connectivity index (χ1n) is 8.31. The average molecular weight is 366 g/mol. The predicted molar refractivity (Wildman–Crippen MR) is 95.2 cm³/mol. The first kappa shape index (κ1) is 21.4. The third kappa shape index (κ3) is 7.08. The highest BCUT2D eigenvalue weighted by atomic mass is 16.4. The normalized spacial score (nSPS) is 14.1. The smallest absolute Gasteiger partial charge is 0.326 e. The van der Waals surface area contributed by atoms with Crippen LogP contribution in [0.5, 0.6) is 5.75 Å². The van der Waals surface area contributed by atoms with Crippen molar-refractivity contribution in [3.05, 3.63) is 29.8 Å². The number of nitrogens with one attached hydrogen (secondary N) is 2. The van der Waals surface area contributed by atoms with Crippen LogP contribution >= 0.6 is 0 Å². The number of hydrogen-bond acceptors (Lipinski definition) is 6. The van der Waals surface area contributed by atoms with E-state index >= 15 is 0 Å². The number of carboxylic acids is 1. The van der Waals surface area contributed by atoms with Crippen LogP contribution in [0.3, 0.4) is 0 Å². The molecular weight excluding hydrogens is 340 g/mol. The van der Waals surface area contributed by atoms with Crippen LogP contribution in [0.2, 0.25) is 0 Å². The number of carbonyl (C=O) groups is 3. The molecule has 2 amide bonds. The van der Waals surface area contributed by atoms with Crippen molar-refractivity contribution in [1.29, 1.82) is 0 Å². The number of benzene rings is 1. The molecule has 9 heteroatoms. The summed E-state index contributed by atoms with van der Waals surface area (Å²) in [6.07, 6.45) is 0.783. The third-order valence-corrected chi connectivity index (χ3v) is 3.73. The summed E-state index contributed by atoms with van der Waals surface area (Å²) in [6.45, 7) is 1.81. The number of aliphatic carboxylic acids is 1. The SMILES string of the molecule is C[C@H](N)C(=O)N[C@@H](CCCN)C(=O)N[C@@H](Cc1ccc(O)cc1)C(=O)O. The van der Waals surface area contributed by atoms with Crippen molar-refractivity contribution in [2.24, 2.45) is 11.5 Å². The topological polar surface area (TPSA) is 168 Å². The number of nitrogens with two attached hydrogens (primary N) is 2. The Kier molecular flexibility index (Phi) is 8.53. The van der Waals surface area contributed by atoms with Gasteiger partial charge in [-0.3, -0.25) is 9.59 Å². The molecule has 3 atom stereocenters. The van der Waals surface area contributed by atoms with E-state index in [2.05, 4.69) is 10.6 Å². The minimum Gasteiger partial charge on any atom is -0.508 e. The van der Waals surface area contributed by atoms with Crippen LogP contribution in [0.4, 0.5) is 0 Å². The van der Waals surface area contributed by atoms with Gasteiger partial charge in [-0.1, -0.05) is 12.1 Å². The molecule has 0 aliphatic heterocycles. The maximum absolute atomic E-state index is 12.5. The maximum atomic E-state index is 12.5. The lowest BCUT2D eigenvalue weighted by molar-refractivity contribution is -0.142. The van der Waals surface area contributed by atoms with E-state index in [9.17, 15) is 24.6 Å². The van der Waals surface area contributed by atoms with Gasteiger partial charge in [-0.15, -0.1) is 0 Å². The molecule has 0 bridgehead atoms. The van der Waals surface area contributed by atoms with Crippen molar-refractivity contribution in [2.75, 3.05) is 6.54 Å². The van der Waals surface area contributed by atoms with Gasteiger partial charge in [0.2, 0.25) is 11.8 Å². The molecule has 0 aliphatic carbocycles. The lowest BCUT2D eigenvalue weighted by atomic mass is 10.0. The molecule has 0 aliphatic rings. The van der Waals surface area contributed by atoms with E-state index in [1.165, 1.54) is 19.1 Å². The molecule has 0 saturated heterocycles. The highest BCUT2D eigenvalue weighted by Gasteiger charge is 2.27. The summed E-state index contributed by atoms with van der Waals surface area (Å²) in [5.41, 5.74) is 11.6. The van der Waals surface area contributed by atoms with Gasteiger partial charge in [0, 0.05) is 6.42 Å². The Hall–Kier alpha value is -2.65. The Bertz CT molecular complexity index is 618. The Labute approximate surface area is 151 Å². The molecule has 8 N–H and O–H groups in total. The highest BCUT2D eigenvalue weighted by Crippen LogP contribution is 2.11. The number of phenols is 1. The summed E-state index contributed by atoms with van der Waals surface area (Å²) in [7, 11) is 0. The summed E-state index contributed by atoms with van der Waals surface area (Å²) in [5.74, 6) is -2.26. The molecule has 1 aromatic carbocycles. The van der Waals surface area contributed by atoms with Crippen molar-refractivity contribution in [1.82, 2.24) is 10.6 Å². The highest BCUT2D eigenvalue weighted by molar-refractivity contribution is 5.91. The molecule has 0 unspecified atom stereocenters. The van der Waals surface area contributed by atoms with Crippen LogP contribution in [-0.2, 0) is 20.8 Å². The molecule has 0 heterocycles. The molecule has 0 aromatic heterocycles. The van der Waals surface area contributed by atoms with Gasteiger partial charge in [-0.05, 0) is 44.0 Å². The number of phenolic OH excluding ortho intramolecular Hbond substituents is 1. The zero-order valence-corrected chi connectivity index (χ0v) is 14.6. The minimum atomic E-state index is -1.21. The van der Waals surface area contributed by atoms with Gasteiger partial charge in [0.1, 0.15) is 17.8 Å². The lowest BCUT2D eigenvalue weighted by Crippen LogP contribution is -2.54. The number of carbonyl (C=O) groups excluding carboxylic acids is 2. The van der Waals surface area contributed by atoms with Crippen LogP contribution in [0.25, 0.3) is 0 Å². The van der Waals surface area contributed by atoms with Crippen molar-refractivity contribution >= 4 is 17.8 Å².